The van der Waals surface area contributed by atoms with Crippen molar-refractivity contribution < 1.29 is 0 Å². The second kappa shape index (κ2) is 3.02. The Hall–Kier alpha value is -0.120. The molecular formula is C5H15N3. The van der Waals surface area contributed by atoms with Gasteiger partial charge >= 0.3 is 0 Å². The highest BCUT2D eigenvalue weighted by atomic mass is 15.3. The van der Waals surface area contributed by atoms with Crippen LogP contribution in [0, 0.1) is 0 Å². The van der Waals surface area contributed by atoms with Gasteiger partial charge in [0.25, 0.3) is 0 Å². The normalized spacial score (nSPS) is 12.0. The van der Waals surface area contributed by atoms with Gasteiger partial charge in [-0.15, -0.1) is 0 Å². The van der Waals surface area contributed by atoms with Crippen LogP contribution in [0.25, 0.3) is 0 Å². The first kappa shape index (κ1) is 7.88. The van der Waals surface area contributed by atoms with Crippen molar-refractivity contribution >= 4 is 0 Å². The molecule has 3 nitrogen and oxygen atoms in total. The van der Waals surface area contributed by atoms with Crippen LogP contribution in [0.5, 0.6) is 0 Å². The molecule has 50 valence electrons. The molecule has 0 atom stereocenters. The van der Waals surface area contributed by atoms with E-state index in [4.69, 9.17) is 11.6 Å². The average Bonchev–Trinajstić information content (AvgIpc) is 1.67. The summed E-state index contributed by atoms with van der Waals surface area (Å²) in [5.74, 6) is 5.19. The number of nitrogens with two attached hydrogens (primary N) is 2. The minimum Gasteiger partial charge on any atom is -0.330 e. The molecule has 0 amide bonds. The molecule has 0 saturated heterocycles. The van der Waals surface area contributed by atoms with Gasteiger partial charge in [-0.25, -0.2) is 0 Å². The third-order valence-electron chi connectivity index (χ3n) is 1.16. The molecule has 0 aromatic rings. The Morgan fingerprint density at radius 1 is 1.50 bits per heavy atom. The van der Waals surface area contributed by atoms with Crippen LogP contribution in [-0.4, -0.2) is 12.1 Å². The predicted octanol–water partition coefficient (Wildman–Crippen LogP) is -0.423. The summed E-state index contributed by atoms with van der Waals surface area (Å²) in [5.41, 5.74) is 7.95. The average molecular weight is 117 g/mol. The maximum absolute atomic E-state index is 5.29. The summed E-state index contributed by atoms with van der Waals surface area (Å²) in [5, 5.41) is 0. The van der Waals surface area contributed by atoms with Crippen LogP contribution in [0.1, 0.15) is 20.3 Å². The van der Waals surface area contributed by atoms with Gasteiger partial charge in [-0.05, 0) is 26.8 Å². The van der Waals surface area contributed by atoms with E-state index in [2.05, 4.69) is 5.43 Å². The van der Waals surface area contributed by atoms with Crippen molar-refractivity contribution in [3.05, 3.63) is 0 Å². The van der Waals surface area contributed by atoms with Crippen molar-refractivity contribution in [3.63, 3.8) is 0 Å². The zero-order chi connectivity index (χ0) is 6.62. The topological polar surface area (TPSA) is 64.1 Å². The molecule has 0 unspecified atom stereocenters. The molecule has 0 saturated carbocycles. The Labute approximate surface area is 50.4 Å². The van der Waals surface area contributed by atoms with Gasteiger partial charge < -0.3 is 5.73 Å². The lowest BCUT2D eigenvalue weighted by Crippen LogP contribution is -2.45. The van der Waals surface area contributed by atoms with Crippen LogP contribution >= 0.6 is 0 Å². The number of rotatable bonds is 3. The maximum atomic E-state index is 5.29. The zero-order valence-corrected chi connectivity index (χ0v) is 5.57. The fraction of sp³-hybridized carbons (Fsp3) is 1.00. The SMILES string of the molecule is CC(C)(CCN)NN. The zero-order valence-electron chi connectivity index (χ0n) is 5.57. The van der Waals surface area contributed by atoms with E-state index >= 15 is 0 Å². The first-order chi connectivity index (χ1) is 3.62. The lowest BCUT2D eigenvalue weighted by atomic mass is 10.0. The molecule has 0 aliphatic carbocycles. The highest BCUT2D eigenvalue weighted by Gasteiger charge is 2.12. The van der Waals surface area contributed by atoms with E-state index in [1.807, 2.05) is 13.8 Å². The molecule has 0 rings (SSSR count). The number of nitrogens with one attached hydrogen (secondary N) is 1. The van der Waals surface area contributed by atoms with E-state index in [1.165, 1.54) is 0 Å². The third-order valence-corrected chi connectivity index (χ3v) is 1.16. The van der Waals surface area contributed by atoms with Crippen molar-refractivity contribution in [1.29, 1.82) is 0 Å². The standard InChI is InChI=1S/C5H15N3/c1-5(2,8-7)3-4-6/h8H,3-4,6-7H2,1-2H3. The largest absolute Gasteiger partial charge is 0.330 e. The van der Waals surface area contributed by atoms with E-state index in [0.29, 0.717) is 6.54 Å². The summed E-state index contributed by atoms with van der Waals surface area (Å²) in [6.07, 6.45) is 0.906. The van der Waals surface area contributed by atoms with Gasteiger partial charge in [-0.3, -0.25) is 11.3 Å². The highest BCUT2D eigenvalue weighted by molar-refractivity contribution is 4.73. The Morgan fingerprint density at radius 2 is 2.00 bits per heavy atom. The van der Waals surface area contributed by atoms with Crippen LogP contribution in [0.3, 0.4) is 0 Å². The first-order valence-corrected chi connectivity index (χ1v) is 2.80. The fourth-order valence-electron chi connectivity index (χ4n) is 0.433. The molecule has 0 fully saturated rings. The van der Waals surface area contributed by atoms with Crippen LogP contribution in [-0.2, 0) is 0 Å². The van der Waals surface area contributed by atoms with Gasteiger partial charge in [0.1, 0.15) is 0 Å². The Bertz CT molecular complexity index is 60.7. The summed E-state index contributed by atoms with van der Waals surface area (Å²) in [6.45, 7) is 4.71. The second-order valence-corrected chi connectivity index (χ2v) is 2.57. The molecule has 5 N–H and O–H groups in total. The van der Waals surface area contributed by atoms with Gasteiger partial charge in [0.2, 0.25) is 0 Å². The molecule has 0 aliphatic heterocycles. The Balaban J connectivity index is 3.37. The Kier molecular flexibility index (Phi) is 2.97. The molecule has 8 heavy (non-hydrogen) atoms. The number of hydrazine groups is 1. The number of hydrogen-bond acceptors (Lipinski definition) is 3. The quantitative estimate of drug-likeness (QED) is 0.347. The van der Waals surface area contributed by atoms with Gasteiger partial charge in [-0.2, -0.15) is 0 Å². The van der Waals surface area contributed by atoms with Crippen LogP contribution in [0.15, 0.2) is 0 Å². The molecule has 0 bridgehead atoms. The fourth-order valence-corrected chi connectivity index (χ4v) is 0.433. The van der Waals surface area contributed by atoms with Crippen molar-refractivity contribution in [1.82, 2.24) is 5.43 Å². The number of hydrogen-bond donors (Lipinski definition) is 3. The Morgan fingerprint density at radius 3 is 2.12 bits per heavy atom. The summed E-state index contributed by atoms with van der Waals surface area (Å²) < 4.78 is 0. The highest BCUT2D eigenvalue weighted by Crippen LogP contribution is 2.02. The molecule has 0 aromatic carbocycles. The third kappa shape index (κ3) is 2.96. The molecule has 0 heterocycles. The van der Waals surface area contributed by atoms with Crippen LogP contribution in [0.4, 0.5) is 0 Å². The van der Waals surface area contributed by atoms with E-state index in [0.717, 1.165) is 6.42 Å². The summed E-state index contributed by atoms with van der Waals surface area (Å²) in [7, 11) is 0. The van der Waals surface area contributed by atoms with Crippen molar-refractivity contribution in [2.45, 2.75) is 25.8 Å². The predicted molar refractivity (Wildman–Crippen MR) is 35.1 cm³/mol. The molecular weight excluding hydrogens is 102 g/mol. The van der Waals surface area contributed by atoms with Gasteiger partial charge in [0.05, 0.1) is 0 Å². The molecule has 0 aromatic heterocycles. The first-order valence-electron chi connectivity index (χ1n) is 2.80. The van der Waals surface area contributed by atoms with Gasteiger partial charge in [0, 0.05) is 5.54 Å². The molecule has 3 heteroatoms. The van der Waals surface area contributed by atoms with E-state index in [1.54, 1.807) is 0 Å². The van der Waals surface area contributed by atoms with Crippen molar-refractivity contribution in [3.8, 4) is 0 Å². The summed E-state index contributed by atoms with van der Waals surface area (Å²) in [4.78, 5) is 0. The molecule has 0 radical (unpaired) electrons. The van der Waals surface area contributed by atoms with Gasteiger partial charge in [0.15, 0.2) is 0 Å². The van der Waals surface area contributed by atoms with Crippen LogP contribution < -0.4 is 17.0 Å². The summed E-state index contributed by atoms with van der Waals surface area (Å²) in [6, 6.07) is 0. The van der Waals surface area contributed by atoms with Crippen molar-refractivity contribution in [2.75, 3.05) is 6.54 Å². The van der Waals surface area contributed by atoms with E-state index in [-0.39, 0.29) is 5.54 Å². The van der Waals surface area contributed by atoms with E-state index < -0.39 is 0 Å². The lowest BCUT2D eigenvalue weighted by Gasteiger charge is -2.21. The van der Waals surface area contributed by atoms with Crippen molar-refractivity contribution in [2.24, 2.45) is 11.6 Å². The van der Waals surface area contributed by atoms with Gasteiger partial charge in [-0.1, -0.05) is 0 Å². The maximum Gasteiger partial charge on any atom is 0.0277 e. The monoisotopic (exact) mass is 117 g/mol. The molecule has 0 aliphatic rings. The molecule has 0 spiro atoms. The van der Waals surface area contributed by atoms with E-state index in [9.17, 15) is 0 Å². The smallest absolute Gasteiger partial charge is 0.0277 e. The minimum absolute atomic E-state index is 0.00521. The summed E-state index contributed by atoms with van der Waals surface area (Å²) >= 11 is 0. The second-order valence-electron chi connectivity index (χ2n) is 2.57. The lowest BCUT2D eigenvalue weighted by molar-refractivity contribution is 0.375. The minimum atomic E-state index is -0.00521. The van der Waals surface area contributed by atoms with Crippen LogP contribution in [0.2, 0.25) is 0 Å².